The number of hydrogen-bond donors (Lipinski definition) is 1. The molecule has 0 aliphatic carbocycles. The first-order valence-corrected chi connectivity index (χ1v) is 5.03. The lowest BCUT2D eigenvalue weighted by molar-refractivity contribution is -0.123. The van der Waals surface area contributed by atoms with Crippen molar-refractivity contribution in [2.75, 3.05) is 6.61 Å². The standard InChI is InChI=1S/C11H13NO2S/c1-9(15)14-8-11(13)12-7-10-5-3-2-4-6-10/h2-6H,7-8H2,1H3,(H,12,13). The van der Waals surface area contributed by atoms with Gasteiger partial charge in [-0.1, -0.05) is 30.3 Å². The zero-order valence-electron chi connectivity index (χ0n) is 8.53. The van der Waals surface area contributed by atoms with Gasteiger partial charge in [0.15, 0.2) is 11.7 Å². The average Bonchev–Trinajstić information content (AvgIpc) is 2.25. The fraction of sp³-hybridized carbons (Fsp3) is 0.273. The van der Waals surface area contributed by atoms with Gasteiger partial charge in [0.05, 0.1) is 0 Å². The lowest BCUT2D eigenvalue weighted by Gasteiger charge is -2.05. The van der Waals surface area contributed by atoms with Crippen molar-refractivity contribution in [3.63, 3.8) is 0 Å². The van der Waals surface area contributed by atoms with E-state index in [1.165, 1.54) is 0 Å². The number of thiocarbonyl (C=S) groups is 1. The minimum Gasteiger partial charge on any atom is -0.478 e. The molecule has 4 heteroatoms. The number of benzene rings is 1. The zero-order chi connectivity index (χ0) is 11.1. The summed E-state index contributed by atoms with van der Waals surface area (Å²) < 4.78 is 4.91. The molecule has 0 aliphatic rings. The summed E-state index contributed by atoms with van der Waals surface area (Å²) in [5, 5.41) is 3.11. The number of amides is 1. The van der Waals surface area contributed by atoms with Gasteiger partial charge in [0.2, 0.25) is 0 Å². The summed E-state index contributed by atoms with van der Waals surface area (Å²) in [5.74, 6) is -0.164. The minimum absolute atomic E-state index is 0.0117. The molecule has 1 aromatic carbocycles. The number of rotatable bonds is 4. The van der Waals surface area contributed by atoms with Crippen molar-refractivity contribution >= 4 is 23.2 Å². The number of carbonyl (C=O) groups is 1. The van der Waals surface area contributed by atoms with Crippen LogP contribution in [0.15, 0.2) is 30.3 Å². The molecule has 0 bridgehead atoms. The van der Waals surface area contributed by atoms with Gasteiger partial charge in [0.1, 0.15) is 0 Å². The van der Waals surface area contributed by atoms with E-state index in [1.807, 2.05) is 30.3 Å². The van der Waals surface area contributed by atoms with Crippen molar-refractivity contribution in [2.45, 2.75) is 13.5 Å². The molecule has 0 saturated heterocycles. The van der Waals surface area contributed by atoms with Gasteiger partial charge in [0, 0.05) is 13.5 Å². The van der Waals surface area contributed by atoms with Crippen molar-refractivity contribution in [3.8, 4) is 0 Å². The topological polar surface area (TPSA) is 38.3 Å². The first-order valence-electron chi connectivity index (χ1n) is 4.62. The maximum atomic E-state index is 11.2. The van der Waals surface area contributed by atoms with E-state index in [1.54, 1.807) is 6.92 Å². The Morgan fingerprint density at radius 3 is 2.67 bits per heavy atom. The second kappa shape index (κ2) is 6.14. The second-order valence-corrected chi connectivity index (χ2v) is 3.62. The number of nitrogens with one attached hydrogen (secondary N) is 1. The average molecular weight is 223 g/mol. The highest BCUT2D eigenvalue weighted by atomic mass is 32.1. The molecule has 0 spiro atoms. The van der Waals surface area contributed by atoms with Crippen molar-refractivity contribution in [1.82, 2.24) is 5.32 Å². The summed E-state index contributed by atoms with van der Waals surface area (Å²) in [6, 6.07) is 9.69. The third-order valence-electron chi connectivity index (χ3n) is 1.74. The zero-order valence-corrected chi connectivity index (χ0v) is 9.34. The molecule has 80 valence electrons. The summed E-state index contributed by atoms with van der Waals surface area (Å²) in [6.07, 6.45) is 0. The fourth-order valence-electron chi connectivity index (χ4n) is 1.01. The molecule has 0 aliphatic heterocycles. The molecule has 0 saturated carbocycles. The van der Waals surface area contributed by atoms with Gasteiger partial charge in [-0.2, -0.15) is 0 Å². The Morgan fingerprint density at radius 2 is 2.07 bits per heavy atom. The van der Waals surface area contributed by atoms with Crippen LogP contribution in [-0.2, 0) is 16.1 Å². The molecule has 0 heterocycles. The Balaban J connectivity index is 2.26. The van der Waals surface area contributed by atoms with Crippen LogP contribution in [0.2, 0.25) is 0 Å². The third kappa shape index (κ3) is 5.12. The van der Waals surface area contributed by atoms with Gasteiger partial charge in [-0.05, 0) is 17.8 Å². The second-order valence-electron chi connectivity index (χ2n) is 3.04. The van der Waals surface area contributed by atoms with E-state index < -0.39 is 0 Å². The van der Waals surface area contributed by atoms with E-state index in [0.717, 1.165) is 5.56 Å². The van der Waals surface area contributed by atoms with E-state index in [9.17, 15) is 4.79 Å². The third-order valence-corrected chi connectivity index (χ3v) is 1.86. The monoisotopic (exact) mass is 223 g/mol. The summed E-state index contributed by atoms with van der Waals surface area (Å²) >= 11 is 4.69. The van der Waals surface area contributed by atoms with Gasteiger partial charge in [-0.25, -0.2) is 0 Å². The van der Waals surface area contributed by atoms with Crippen LogP contribution in [0.4, 0.5) is 0 Å². The maximum Gasteiger partial charge on any atom is 0.258 e. The Morgan fingerprint density at radius 1 is 1.40 bits per heavy atom. The minimum atomic E-state index is -0.164. The maximum absolute atomic E-state index is 11.2. The van der Waals surface area contributed by atoms with Crippen molar-refractivity contribution in [1.29, 1.82) is 0 Å². The van der Waals surface area contributed by atoms with E-state index in [4.69, 9.17) is 4.74 Å². The molecule has 0 aromatic heterocycles. The Kier molecular flexibility index (Phi) is 4.77. The molecule has 0 atom stereocenters. The van der Waals surface area contributed by atoms with Gasteiger partial charge in [-0.15, -0.1) is 0 Å². The number of carbonyl (C=O) groups excluding carboxylic acids is 1. The quantitative estimate of drug-likeness (QED) is 0.789. The molecular formula is C11H13NO2S. The van der Waals surface area contributed by atoms with Crippen LogP contribution in [0.5, 0.6) is 0 Å². The molecule has 1 amide bonds. The van der Waals surface area contributed by atoms with Gasteiger partial charge >= 0.3 is 0 Å². The van der Waals surface area contributed by atoms with Crippen molar-refractivity contribution < 1.29 is 9.53 Å². The Bertz CT molecular complexity index is 338. The van der Waals surface area contributed by atoms with Crippen LogP contribution in [0.3, 0.4) is 0 Å². The predicted octanol–water partition coefficient (Wildman–Crippen LogP) is 1.67. The Hall–Kier alpha value is -1.42. The summed E-state index contributed by atoms with van der Waals surface area (Å²) in [4.78, 5) is 11.2. The van der Waals surface area contributed by atoms with E-state index in [-0.39, 0.29) is 12.5 Å². The number of hydrogen-bond acceptors (Lipinski definition) is 3. The van der Waals surface area contributed by atoms with E-state index >= 15 is 0 Å². The largest absolute Gasteiger partial charge is 0.478 e. The molecule has 1 N–H and O–H groups in total. The van der Waals surface area contributed by atoms with Crippen LogP contribution in [0, 0.1) is 0 Å². The SMILES string of the molecule is CC(=S)OCC(=O)NCc1ccccc1. The molecule has 1 aromatic rings. The molecule has 3 nitrogen and oxygen atoms in total. The van der Waals surface area contributed by atoms with Crippen LogP contribution < -0.4 is 5.32 Å². The normalized spacial score (nSPS) is 9.40. The van der Waals surface area contributed by atoms with Crippen LogP contribution in [0.25, 0.3) is 0 Å². The molecule has 0 fully saturated rings. The van der Waals surface area contributed by atoms with Gasteiger partial charge in [-0.3, -0.25) is 4.79 Å². The van der Waals surface area contributed by atoms with Gasteiger partial charge in [0.25, 0.3) is 5.91 Å². The molecular weight excluding hydrogens is 210 g/mol. The molecule has 15 heavy (non-hydrogen) atoms. The van der Waals surface area contributed by atoms with E-state index in [0.29, 0.717) is 11.6 Å². The molecule has 0 radical (unpaired) electrons. The molecule has 1 rings (SSSR count). The summed E-state index contributed by atoms with van der Waals surface area (Å²) in [5.41, 5.74) is 1.06. The predicted molar refractivity (Wildman–Crippen MR) is 62.5 cm³/mol. The van der Waals surface area contributed by atoms with Gasteiger partial charge < -0.3 is 10.1 Å². The summed E-state index contributed by atoms with van der Waals surface area (Å²) in [7, 11) is 0. The first-order chi connectivity index (χ1) is 7.18. The summed E-state index contributed by atoms with van der Waals surface area (Å²) in [6.45, 7) is 2.14. The molecule has 0 unspecified atom stereocenters. The van der Waals surface area contributed by atoms with Crippen molar-refractivity contribution in [3.05, 3.63) is 35.9 Å². The smallest absolute Gasteiger partial charge is 0.258 e. The van der Waals surface area contributed by atoms with Crippen LogP contribution in [-0.4, -0.2) is 17.6 Å². The lowest BCUT2D eigenvalue weighted by Crippen LogP contribution is -2.27. The van der Waals surface area contributed by atoms with Crippen molar-refractivity contribution in [2.24, 2.45) is 0 Å². The van der Waals surface area contributed by atoms with Crippen LogP contribution >= 0.6 is 12.2 Å². The Labute approximate surface area is 94.4 Å². The fourth-order valence-corrected chi connectivity index (χ4v) is 1.07. The number of ether oxygens (including phenoxy) is 1. The lowest BCUT2D eigenvalue weighted by atomic mass is 10.2. The highest BCUT2D eigenvalue weighted by Gasteiger charge is 2.01. The highest BCUT2D eigenvalue weighted by Crippen LogP contribution is 1.96. The first kappa shape index (κ1) is 11.7. The van der Waals surface area contributed by atoms with E-state index in [2.05, 4.69) is 17.5 Å². The highest BCUT2D eigenvalue weighted by molar-refractivity contribution is 7.80. The van der Waals surface area contributed by atoms with Crippen LogP contribution in [0.1, 0.15) is 12.5 Å².